The Morgan fingerprint density at radius 1 is 0.564 bits per heavy atom. The average molecular weight is 549 g/mol. The van der Waals surface area contributed by atoms with Crippen LogP contribution in [0.2, 0.25) is 0 Å². The fraction of sp³-hybridized carbons (Fsp3) is 0.235. The lowest BCUT2D eigenvalue weighted by Gasteiger charge is -2.18. The molecule has 0 fully saturated rings. The number of nitrogens with zero attached hydrogens (tertiary/aromatic N) is 3. The third-order valence-corrected chi connectivity index (χ3v) is 12.6. The van der Waals surface area contributed by atoms with Gasteiger partial charge in [0.15, 0.2) is 11.4 Å². The fourth-order valence-electron chi connectivity index (χ4n) is 5.66. The number of aryl methyl sites for hydroxylation is 2. The SMILES string of the molecule is c1ccc(P(CCn2n[n+](CCP(c3ccccc3)c3ccccc3)c3c2CCCC3)c2ccccc2)cc1. The Morgan fingerprint density at radius 3 is 1.49 bits per heavy atom. The molecule has 6 rings (SSSR count). The first-order valence-electron chi connectivity index (χ1n) is 14.1. The van der Waals surface area contributed by atoms with Crippen LogP contribution in [0.4, 0.5) is 0 Å². The van der Waals surface area contributed by atoms with Gasteiger partial charge in [-0.25, -0.2) is 0 Å². The number of fused-ring (bicyclic) bond motifs is 1. The van der Waals surface area contributed by atoms with E-state index in [-0.39, 0.29) is 0 Å². The Balaban J connectivity index is 1.25. The summed E-state index contributed by atoms with van der Waals surface area (Å²) in [5.74, 6) is 0. The smallest absolute Gasteiger partial charge is 0.134 e. The van der Waals surface area contributed by atoms with E-state index >= 15 is 0 Å². The zero-order chi connectivity index (χ0) is 26.3. The van der Waals surface area contributed by atoms with Gasteiger partial charge in [0.2, 0.25) is 0 Å². The van der Waals surface area contributed by atoms with Crippen molar-refractivity contribution in [3.8, 4) is 0 Å². The van der Waals surface area contributed by atoms with Gasteiger partial charge < -0.3 is 0 Å². The van der Waals surface area contributed by atoms with Gasteiger partial charge in [0.05, 0.1) is 5.21 Å². The molecule has 39 heavy (non-hydrogen) atoms. The monoisotopic (exact) mass is 548 g/mol. The number of aromatic nitrogens is 3. The molecule has 0 N–H and O–H groups in total. The van der Waals surface area contributed by atoms with Crippen molar-refractivity contribution in [1.82, 2.24) is 9.90 Å². The molecule has 1 heterocycles. The summed E-state index contributed by atoms with van der Waals surface area (Å²) in [6.07, 6.45) is 7.06. The molecule has 196 valence electrons. The van der Waals surface area contributed by atoms with Crippen LogP contribution in [0.25, 0.3) is 0 Å². The molecule has 5 heteroatoms. The summed E-state index contributed by atoms with van der Waals surface area (Å²) in [6, 6.07) is 44.3. The van der Waals surface area contributed by atoms with Crippen molar-refractivity contribution >= 4 is 37.1 Å². The van der Waals surface area contributed by atoms with Crippen molar-refractivity contribution in [2.45, 2.75) is 38.8 Å². The van der Waals surface area contributed by atoms with Gasteiger partial charge in [-0.2, -0.15) is 0 Å². The summed E-state index contributed by atoms with van der Waals surface area (Å²) in [5.41, 5.74) is 2.95. The van der Waals surface area contributed by atoms with E-state index in [4.69, 9.17) is 5.21 Å². The quantitative estimate of drug-likeness (QED) is 0.171. The molecule has 0 saturated carbocycles. The van der Waals surface area contributed by atoms with Gasteiger partial charge in [-0.1, -0.05) is 121 Å². The number of hydrogen-bond acceptors (Lipinski definition) is 1. The molecule has 4 aromatic carbocycles. The Hall–Kier alpha value is -3.12. The maximum atomic E-state index is 5.26. The maximum absolute atomic E-state index is 5.26. The highest BCUT2D eigenvalue weighted by molar-refractivity contribution is 7.73. The largest absolute Gasteiger partial charge is 0.170 e. The summed E-state index contributed by atoms with van der Waals surface area (Å²) >= 11 is 0. The van der Waals surface area contributed by atoms with Crippen molar-refractivity contribution in [1.29, 1.82) is 0 Å². The maximum Gasteiger partial charge on any atom is 0.170 e. The van der Waals surface area contributed by atoms with E-state index in [2.05, 4.69) is 131 Å². The van der Waals surface area contributed by atoms with E-state index in [1.165, 1.54) is 45.4 Å². The summed E-state index contributed by atoms with van der Waals surface area (Å²) in [6.45, 7) is 1.94. The minimum absolute atomic E-state index is 0.424. The van der Waals surface area contributed by atoms with Crippen molar-refractivity contribution in [3.05, 3.63) is 133 Å². The molecule has 1 aromatic heterocycles. The molecule has 0 bridgehead atoms. The molecule has 0 saturated heterocycles. The highest BCUT2D eigenvalue weighted by atomic mass is 31.1. The zero-order valence-electron chi connectivity index (χ0n) is 22.4. The van der Waals surface area contributed by atoms with E-state index in [0.29, 0.717) is 0 Å². The van der Waals surface area contributed by atoms with Gasteiger partial charge in [-0.15, -0.1) is 9.36 Å². The van der Waals surface area contributed by atoms with Crippen LogP contribution in [-0.4, -0.2) is 22.2 Å². The topological polar surface area (TPSA) is 21.7 Å². The van der Waals surface area contributed by atoms with Crippen molar-refractivity contribution < 1.29 is 4.68 Å². The van der Waals surface area contributed by atoms with Gasteiger partial charge in [-0.3, -0.25) is 0 Å². The molecular formula is C34H36N3P2+. The molecule has 0 unspecified atom stereocenters. The summed E-state index contributed by atoms with van der Waals surface area (Å²) in [4.78, 5) is 0. The molecule has 0 atom stereocenters. The first-order valence-corrected chi connectivity index (χ1v) is 17.2. The molecule has 1 aliphatic rings. The fourth-order valence-corrected chi connectivity index (χ4v) is 10.2. The van der Waals surface area contributed by atoms with Gasteiger partial charge >= 0.3 is 0 Å². The number of hydrogen-bond donors (Lipinski definition) is 0. The second-order valence-electron chi connectivity index (χ2n) is 10.1. The lowest BCUT2D eigenvalue weighted by atomic mass is 10.0. The van der Waals surface area contributed by atoms with Crippen LogP contribution in [0.5, 0.6) is 0 Å². The molecule has 0 aliphatic heterocycles. The third kappa shape index (κ3) is 6.22. The third-order valence-electron chi connectivity index (χ3n) is 7.59. The van der Waals surface area contributed by atoms with Crippen LogP contribution < -0.4 is 25.9 Å². The van der Waals surface area contributed by atoms with E-state index in [1.54, 1.807) is 0 Å². The van der Waals surface area contributed by atoms with Crippen LogP contribution in [0, 0.1) is 0 Å². The molecule has 3 nitrogen and oxygen atoms in total. The number of benzene rings is 4. The lowest BCUT2D eigenvalue weighted by Crippen LogP contribution is -2.43. The predicted octanol–water partition coefficient (Wildman–Crippen LogP) is 5.32. The van der Waals surface area contributed by atoms with Crippen molar-refractivity contribution in [2.75, 3.05) is 12.3 Å². The Morgan fingerprint density at radius 2 is 1.00 bits per heavy atom. The van der Waals surface area contributed by atoms with E-state index in [1.807, 2.05) is 0 Å². The Labute approximate surface area is 235 Å². The second-order valence-corrected chi connectivity index (χ2v) is 14.8. The van der Waals surface area contributed by atoms with Gasteiger partial charge in [0.1, 0.15) is 13.1 Å². The lowest BCUT2D eigenvalue weighted by molar-refractivity contribution is -0.757. The molecule has 5 aromatic rings. The van der Waals surface area contributed by atoms with Gasteiger partial charge in [-0.05, 0) is 49.9 Å². The first kappa shape index (κ1) is 26.1. The molecule has 0 amide bonds. The summed E-state index contributed by atoms with van der Waals surface area (Å²) < 4.78 is 4.73. The van der Waals surface area contributed by atoms with E-state index < -0.39 is 15.8 Å². The van der Waals surface area contributed by atoms with Crippen LogP contribution in [0.3, 0.4) is 0 Å². The number of rotatable bonds is 10. The first-order chi connectivity index (χ1) is 19.4. The standard InChI is InChI=1S/C34H36N3P2/c1-5-15-29(16-6-1)38(30-17-7-2-8-18-30)27-25-36-33-23-13-14-24-34(33)37(35-36)26-28-39(31-19-9-3-10-20-31)32-21-11-4-12-22-32/h1-12,15-22H,13-14,23-28H2/q+1. The van der Waals surface area contributed by atoms with Gasteiger partial charge in [0, 0.05) is 25.2 Å². The van der Waals surface area contributed by atoms with E-state index in [9.17, 15) is 0 Å². The van der Waals surface area contributed by atoms with Crippen LogP contribution in [0.15, 0.2) is 121 Å². The summed E-state index contributed by atoms with van der Waals surface area (Å²) in [7, 11) is -0.849. The Bertz CT molecular complexity index is 1260. The Kier molecular flexibility index (Phi) is 8.59. The molecule has 1 aliphatic carbocycles. The van der Waals surface area contributed by atoms with Crippen LogP contribution in [0.1, 0.15) is 24.2 Å². The molecular weight excluding hydrogens is 512 g/mol. The molecule has 0 spiro atoms. The highest BCUT2D eigenvalue weighted by Gasteiger charge is 2.29. The van der Waals surface area contributed by atoms with Gasteiger partial charge in [0.25, 0.3) is 0 Å². The predicted molar refractivity (Wildman–Crippen MR) is 167 cm³/mol. The van der Waals surface area contributed by atoms with Crippen molar-refractivity contribution in [2.24, 2.45) is 0 Å². The normalized spacial score (nSPS) is 13.1. The van der Waals surface area contributed by atoms with Crippen LogP contribution in [-0.2, 0) is 25.9 Å². The second kappa shape index (κ2) is 12.8. The van der Waals surface area contributed by atoms with Crippen molar-refractivity contribution in [3.63, 3.8) is 0 Å². The van der Waals surface area contributed by atoms with Crippen LogP contribution >= 0.6 is 15.8 Å². The zero-order valence-corrected chi connectivity index (χ0v) is 24.2. The average Bonchev–Trinajstić information content (AvgIpc) is 3.37. The highest BCUT2D eigenvalue weighted by Crippen LogP contribution is 2.35. The minimum Gasteiger partial charge on any atom is -0.134 e. The minimum atomic E-state index is -0.424. The van der Waals surface area contributed by atoms with E-state index in [0.717, 1.165) is 38.3 Å². The molecule has 0 radical (unpaired) electrons. The summed E-state index contributed by atoms with van der Waals surface area (Å²) in [5, 5.41) is 11.1.